The Hall–Kier alpha value is -2.34. The maximum absolute atomic E-state index is 11.8. The Morgan fingerprint density at radius 3 is 2.71 bits per heavy atom. The van der Waals surface area contributed by atoms with E-state index in [1.807, 2.05) is 37.3 Å². The van der Waals surface area contributed by atoms with E-state index in [1.165, 1.54) is 16.9 Å². The lowest BCUT2D eigenvalue weighted by molar-refractivity contribution is -0.143. The topological polar surface area (TPSA) is 64.6 Å². The van der Waals surface area contributed by atoms with E-state index in [4.69, 9.17) is 9.47 Å². The molecular weight excluding hydrogens is 326 g/mol. The van der Waals surface area contributed by atoms with Crippen LogP contribution in [0.15, 0.2) is 36.4 Å². The van der Waals surface area contributed by atoms with Crippen LogP contribution >= 0.6 is 11.3 Å². The van der Waals surface area contributed by atoms with Crippen LogP contribution < -0.4 is 10.1 Å². The summed E-state index contributed by atoms with van der Waals surface area (Å²) in [6, 6.07) is 11.4. The Labute approximate surface area is 145 Å². The zero-order valence-electron chi connectivity index (χ0n) is 13.8. The van der Waals surface area contributed by atoms with E-state index in [-0.39, 0.29) is 25.7 Å². The molecule has 0 saturated heterocycles. The number of esters is 1. The summed E-state index contributed by atoms with van der Waals surface area (Å²) in [6.07, 6.45) is 0.940. The van der Waals surface area contributed by atoms with Gasteiger partial charge in [-0.15, -0.1) is 11.3 Å². The summed E-state index contributed by atoms with van der Waals surface area (Å²) >= 11 is 1.39. The van der Waals surface area contributed by atoms with Gasteiger partial charge in [-0.1, -0.05) is 19.1 Å². The van der Waals surface area contributed by atoms with Crippen LogP contribution in [0.3, 0.4) is 0 Å². The predicted molar refractivity (Wildman–Crippen MR) is 93.7 cm³/mol. The molecule has 0 aliphatic heterocycles. The van der Waals surface area contributed by atoms with Gasteiger partial charge in [0.15, 0.2) is 0 Å². The molecule has 1 heterocycles. The lowest BCUT2D eigenvalue weighted by atomic mass is 10.2. The van der Waals surface area contributed by atoms with Gasteiger partial charge in [-0.3, -0.25) is 9.59 Å². The highest BCUT2D eigenvalue weighted by molar-refractivity contribution is 7.13. The molecule has 0 unspecified atom stereocenters. The Kier molecular flexibility index (Phi) is 6.81. The van der Waals surface area contributed by atoms with E-state index in [0.29, 0.717) is 4.88 Å². The number of carbonyl (C=O) groups excluding carboxylic acids is 2. The van der Waals surface area contributed by atoms with Crippen molar-refractivity contribution in [3.8, 4) is 5.75 Å². The van der Waals surface area contributed by atoms with Crippen molar-refractivity contribution in [2.24, 2.45) is 0 Å². The van der Waals surface area contributed by atoms with Crippen LogP contribution in [0.4, 0.5) is 0 Å². The molecule has 1 aromatic heterocycles. The monoisotopic (exact) mass is 347 g/mol. The minimum Gasteiger partial charge on any atom is -0.490 e. The van der Waals surface area contributed by atoms with Gasteiger partial charge in [0.05, 0.1) is 4.88 Å². The van der Waals surface area contributed by atoms with Crippen molar-refractivity contribution in [2.75, 3.05) is 19.8 Å². The summed E-state index contributed by atoms with van der Waals surface area (Å²) in [7, 11) is 0. The van der Waals surface area contributed by atoms with Crippen molar-refractivity contribution in [2.45, 2.75) is 20.3 Å². The van der Waals surface area contributed by atoms with Crippen LogP contribution in [0.2, 0.25) is 0 Å². The highest BCUT2D eigenvalue weighted by atomic mass is 32.1. The molecule has 0 bridgehead atoms. The Morgan fingerprint density at radius 1 is 1.17 bits per heavy atom. The smallest absolute Gasteiger partial charge is 0.325 e. The Balaban J connectivity index is 1.63. The van der Waals surface area contributed by atoms with E-state index >= 15 is 0 Å². The summed E-state index contributed by atoms with van der Waals surface area (Å²) in [6.45, 7) is 4.26. The third kappa shape index (κ3) is 5.70. The highest BCUT2D eigenvalue weighted by Crippen LogP contribution is 2.14. The summed E-state index contributed by atoms with van der Waals surface area (Å²) in [5.74, 6) is 0.00647. The largest absolute Gasteiger partial charge is 0.490 e. The lowest BCUT2D eigenvalue weighted by Crippen LogP contribution is -2.30. The molecule has 0 radical (unpaired) electrons. The molecule has 1 N–H and O–H groups in total. The number of ether oxygens (including phenoxy) is 2. The lowest BCUT2D eigenvalue weighted by Gasteiger charge is -2.08. The maximum atomic E-state index is 11.8. The first-order valence-electron chi connectivity index (χ1n) is 7.80. The molecule has 2 rings (SSSR count). The molecular formula is C18H21NO4S. The fourth-order valence-corrected chi connectivity index (χ4v) is 2.80. The Morgan fingerprint density at radius 2 is 2.00 bits per heavy atom. The summed E-state index contributed by atoms with van der Waals surface area (Å²) < 4.78 is 10.6. The van der Waals surface area contributed by atoms with E-state index in [9.17, 15) is 9.59 Å². The van der Waals surface area contributed by atoms with Gasteiger partial charge in [0, 0.05) is 4.88 Å². The summed E-state index contributed by atoms with van der Waals surface area (Å²) in [5, 5.41) is 2.54. The van der Waals surface area contributed by atoms with Gasteiger partial charge in [0.1, 0.15) is 25.5 Å². The third-order valence-corrected chi connectivity index (χ3v) is 4.28. The quantitative estimate of drug-likeness (QED) is 0.589. The first kappa shape index (κ1) is 18.0. The van der Waals surface area contributed by atoms with Gasteiger partial charge in [0.2, 0.25) is 0 Å². The zero-order valence-corrected chi connectivity index (χ0v) is 14.7. The van der Waals surface area contributed by atoms with Gasteiger partial charge in [0.25, 0.3) is 5.91 Å². The van der Waals surface area contributed by atoms with Gasteiger partial charge >= 0.3 is 5.97 Å². The molecule has 5 nitrogen and oxygen atoms in total. The van der Waals surface area contributed by atoms with E-state index in [0.717, 1.165) is 17.0 Å². The second-order valence-corrected chi connectivity index (χ2v) is 6.45. The first-order valence-corrected chi connectivity index (χ1v) is 8.62. The van der Waals surface area contributed by atoms with Crippen molar-refractivity contribution in [3.63, 3.8) is 0 Å². The van der Waals surface area contributed by atoms with E-state index < -0.39 is 5.97 Å². The third-order valence-electron chi connectivity index (χ3n) is 3.28. The SMILES string of the molecule is CCc1cccc(OCCOC(=O)CNC(=O)c2ccc(C)s2)c1. The number of nitrogens with one attached hydrogen (secondary N) is 1. The summed E-state index contributed by atoms with van der Waals surface area (Å²) in [5.41, 5.74) is 1.19. The molecule has 0 saturated carbocycles. The molecule has 0 atom stereocenters. The molecule has 6 heteroatoms. The zero-order chi connectivity index (χ0) is 17.4. The van der Waals surface area contributed by atoms with Crippen molar-refractivity contribution in [1.82, 2.24) is 5.32 Å². The number of benzene rings is 1. The molecule has 1 amide bonds. The van der Waals surface area contributed by atoms with Crippen LogP contribution in [0.1, 0.15) is 27.0 Å². The van der Waals surface area contributed by atoms with Crippen molar-refractivity contribution in [3.05, 3.63) is 51.7 Å². The van der Waals surface area contributed by atoms with Crippen molar-refractivity contribution in [1.29, 1.82) is 0 Å². The fourth-order valence-electron chi connectivity index (χ4n) is 2.02. The van der Waals surface area contributed by atoms with Crippen molar-refractivity contribution < 1.29 is 19.1 Å². The van der Waals surface area contributed by atoms with Gasteiger partial charge in [-0.2, -0.15) is 0 Å². The number of carbonyl (C=O) groups is 2. The number of aryl methyl sites for hydroxylation is 2. The molecule has 0 fully saturated rings. The molecule has 128 valence electrons. The number of rotatable bonds is 8. The predicted octanol–water partition coefficient (Wildman–Crippen LogP) is 2.97. The molecule has 24 heavy (non-hydrogen) atoms. The van der Waals surface area contributed by atoms with Crippen LogP contribution in [-0.4, -0.2) is 31.6 Å². The number of hydrogen-bond acceptors (Lipinski definition) is 5. The molecule has 0 aliphatic rings. The Bertz CT molecular complexity index is 696. The second kappa shape index (κ2) is 9.08. The first-order chi connectivity index (χ1) is 11.6. The van der Waals surface area contributed by atoms with Gasteiger partial charge in [-0.25, -0.2) is 0 Å². The maximum Gasteiger partial charge on any atom is 0.325 e. The number of amides is 1. The normalized spacial score (nSPS) is 10.2. The van der Waals surface area contributed by atoms with Crippen LogP contribution in [-0.2, 0) is 16.0 Å². The standard InChI is InChI=1S/C18H21NO4S/c1-3-14-5-4-6-15(11-14)22-9-10-23-17(20)12-19-18(21)16-8-7-13(2)24-16/h4-8,11H,3,9-10,12H2,1-2H3,(H,19,21). The molecule has 0 spiro atoms. The molecule has 0 aliphatic carbocycles. The van der Waals surface area contributed by atoms with Crippen LogP contribution in [0.25, 0.3) is 0 Å². The van der Waals surface area contributed by atoms with Gasteiger partial charge < -0.3 is 14.8 Å². The summed E-state index contributed by atoms with van der Waals surface area (Å²) in [4.78, 5) is 25.0. The minimum absolute atomic E-state index is 0.142. The van der Waals surface area contributed by atoms with Crippen molar-refractivity contribution >= 4 is 23.2 Å². The van der Waals surface area contributed by atoms with E-state index in [1.54, 1.807) is 6.07 Å². The molecule has 2 aromatic rings. The minimum atomic E-state index is -0.484. The fraction of sp³-hybridized carbons (Fsp3) is 0.333. The van der Waals surface area contributed by atoms with Crippen LogP contribution in [0, 0.1) is 6.92 Å². The van der Waals surface area contributed by atoms with E-state index in [2.05, 4.69) is 12.2 Å². The number of thiophene rings is 1. The highest BCUT2D eigenvalue weighted by Gasteiger charge is 2.10. The average molecular weight is 347 g/mol. The number of hydrogen-bond donors (Lipinski definition) is 1. The molecule has 1 aromatic carbocycles. The average Bonchev–Trinajstić information content (AvgIpc) is 3.03. The van der Waals surface area contributed by atoms with Crippen LogP contribution in [0.5, 0.6) is 5.75 Å². The second-order valence-electron chi connectivity index (χ2n) is 5.16. The van der Waals surface area contributed by atoms with Gasteiger partial charge in [-0.05, 0) is 43.2 Å².